The number of anilines is 1. The summed E-state index contributed by atoms with van der Waals surface area (Å²) in [6, 6.07) is 0. The SMILES string of the molecule is O=C(Cc1csc(N2CCCC2=O)n1)N1CCCC(c2nc3c(s2)CCCC3)C1. The molecule has 1 atom stereocenters. The van der Waals surface area contributed by atoms with Gasteiger partial charge in [-0.15, -0.1) is 22.7 Å². The van der Waals surface area contributed by atoms with Gasteiger partial charge in [0, 0.05) is 42.2 Å². The monoisotopic (exact) mass is 430 g/mol. The number of rotatable bonds is 4. The van der Waals surface area contributed by atoms with E-state index in [1.165, 1.54) is 46.2 Å². The predicted octanol–water partition coefficient (Wildman–Crippen LogP) is 3.55. The molecule has 4 heterocycles. The summed E-state index contributed by atoms with van der Waals surface area (Å²) in [7, 11) is 0. The fourth-order valence-corrected chi connectivity index (χ4v) is 6.72. The maximum atomic E-state index is 12.9. The molecule has 154 valence electrons. The van der Waals surface area contributed by atoms with E-state index < -0.39 is 0 Å². The largest absolute Gasteiger partial charge is 0.342 e. The molecule has 2 amide bonds. The van der Waals surface area contributed by atoms with Crippen LogP contribution in [0.3, 0.4) is 0 Å². The third kappa shape index (κ3) is 3.97. The Morgan fingerprint density at radius 2 is 2.00 bits per heavy atom. The second-order valence-corrected chi connectivity index (χ2v) is 10.2. The normalized spacial score (nSPS) is 22.2. The fourth-order valence-electron chi connectivity index (χ4n) is 4.57. The fraction of sp³-hybridized carbons (Fsp3) is 0.619. The summed E-state index contributed by atoms with van der Waals surface area (Å²) in [6.07, 6.45) is 8.79. The molecule has 3 aliphatic rings. The van der Waals surface area contributed by atoms with Gasteiger partial charge in [0.15, 0.2) is 5.13 Å². The zero-order valence-corrected chi connectivity index (χ0v) is 18.2. The van der Waals surface area contributed by atoms with Crippen molar-refractivity contribution in [2.45, 2.75) is 63.7 Å². The van der Waals surface area contributed by atoms with E-state index in [2.05, 4.69) is 4.98 Å². The average Bonchev–Trinajstić information content (AvgIpc) is 3.47. The summed E-state index contributed by atoms with van der Waals surface area (Å²) in [6.45, 7) is 2.33. The van der Waals surface area contributed by atoms with Crippen LogP contribution in [0.15, 0.2) is 5.38 Å². The van der Waals surface area contributed by atoms with Crippen LogP contribution in [0.4, 0.5) is 5.13 Å². The second-order valence-electron chi connectivity index (χ2n) is 8.26. The van der Waals surface area contributed by atoms with Gasteiger partial charge >= 0.3 is 0 Å². The molecule has 2 aliphatic heterocycles. The first-order valence-corrected chi connectivity index (χ1v) is 12.4. The number of hydrogen-bond donors (Lipinski definition) is 0. The highest BCUT2D eigenvalue weighted by molar-refractivity contribution is 7.14. The zero-order valence-electron chi connectivity index (χ0n) is 16.6. The Labute approximate surface area is 179 Å². The molecule has 0 spiro atoms. The Balaban J connectivity index is 1.23. The third-order valence-corrected chi connectivity index (χ3v) is 8.39. The van der Waals surface area contributed by atoms with Crippen LogP contribution in [0, 0.1) is 0 Å². The highest BCUT2D eigenvalue weighted by Crippen LogP contribution is 2.35. The van der Waals surface area contributed by atoms with E-state index in [1.807, 2.05) is 21.6 Å². The van der Waals surface area contributed by atoms with Crippen LogP contribution in [-0.2, 0) is 28.9 Å². The molecule has 8 heteroatoms. The van der Waals surface area contributed by atoms with Gasteiger partial charge in [0.05, 0.1) is 22.8 Å². The highest BCUT2D eigenvalue weighted by atomic mass is 32.1. The summed E-state index contributed by atoms with van der Waals surface area (Å²) in [5.41, 5.74) is 2.09. The minimum absolute atomic E-state index is 0.139. The molecular weight excluding hydrogens is 404 g/mol. The van der Waals surface area contributed by atoms with Crippen molar-refractivity contribution in [1.82, 2.24) is 14.9 Å². The van der Waals surface area contributed by atoms with Gasteiger partial charge < -0.3 is 4.90 Å². The topological polar surface area (TPSA) is 66.4 Å². The number of hydrogen-bond acceptors (Lipinski definition) is 6. The van der Waals surface area contributed by atoms with Crippen molar-refractivity contribution in [2.24, 2.45) is 0 Å². The third-order valence-electron chi connectivity index (χ3n) is 6.16. The van der Waals surface area contributed by atoms with Crippen LogP contribution >= 0.6 is 22.7 Å². The Bertz CT molecular complexity index is 898. The smallest absolute Gasteiger partial charge is 0.228 e. The Kier molecular flexibility index (Phi) is 5.39. The maximum Gasteiger partial charge on any atom is 0.228 e. The molecule has 2 aromatic heterocycles. The van der Waals surface area contributed by atoms with Gasteiger partial charge in [-0.2, -0.15) is 0 Å². The molecule has 2 fully saturated rings. The Morgan fingerprint density at radius 3 is 2.83 bits per heavy atom. The first-order valence-electron chi connectivity index (χ1n) is 10.7. The molecule has 2 saturated heterocycles. The number of aromatic nitrogens is 2. The van der Waals surface area contributed by atoms with Crippen LogP contribution in [0.2, 0.25) is 0 Å². The number of carbonyl (C=O) groups excluding carboxylic acids is 2. The molecule has 1 aliphatic carbocycles. The van der Waals surface area contributed by atoms with Gasteiger partial charge in [0.25, 0.3) is 0 Å². The molecule has 0 bridgehead atoms. The second kappa shape index (κ2) is 8.14. The lowest BCUT2D eigenvalue weighted by Crippen LogP contribution is -2.40. The molecule has 0 N–H and O–H groups in total. The lowest BCUT2D eigenvalue weighted by molar-refractivity contribution is -0.131. The van der Waals surface area contributed by atoms with Gasteiger partial charge in [0.1, 0.15) is 0 Å². The van der Waals surface area contributed by atoms with Crippen LogP contribution in [-0.4, -0.2) is 46.3 Å². The van der Waals surface area contributed by atoms with Crippen LogP contribution in [0.1, 0.15) is 65.7 Å². The standard InChI is InChI=1S/C21H26N4O2S2/c26-18-8-4-10-25(18)21-22-15(13-28-21)11-19(27)24-9-3-5-14(12-24)20-23-16-6-1-2-7-17(16)29-20/h13-14H,1-12H2. The van der Waals surface area contributed by atoms with E-state index in [4.69, 9.17) is 4.98 Å². The predicted molar refractivity (Wildman–Crippen MR) is 115 cm³/mol. The number of nitrogens with zero attached hydrogens (tertiary/aromatic N) is 4. The average molecular weight is 431 g/mol. The van der Waals surface area contributed by atoms with Gasteiger partial charge in [-0.1, -0.05) is 0 Å². The van der Waals surface area contributed by atoms with Crippen LogP contribution < -0.4 is 4.90 Å². The van der Waals surface area contributed by atoms with Crippen molar-refractivity contribution in [2.75, 3.05) is 24.5 Å². The number of carbonyl (C=O) groups is 2. The van der Waals surface area contributed by atoms with Gasteiger partial charge in [0.2, 0.25) is 11.8 Å². The summed E-state index contributed by atoms with van der Waals surface area (Å²) in [5, 5.41) is 3.90. The van der Waals surface area contributed by atoms with Crippen molar-refractivity contribution in [1.29, 1.82) is 0 Å². The summed E-state index contributed by atoms with van der Waals surface area (Å²) in [4.78, 5) is 39.6. The molecular formula is C21H26N4O2S2. The Hall–Kier alpha value is -1.80. The van der Waals surface area contributed by atoms with Crippen molar-refractivity contribution >= 4 is 39.6 Å². The molecule has 6 nitrogen and oxygen atoms in total. The summed E-state index contributed by atoms with van der Waals surface area (Å²) in [5.74, 6) is 0.652. The minimum Gasteiger partial charge on any atom is -0.342 e. The molecule has 0 aromatic carbocycles. The van der Waals surface area contributed by atoms with Gasteiger partial charge in [-0.3, -0.25) is 14.5 Å². The molecule has 29 heavy (non-hydrogen) atoms. The zero-order chi connectivity index (χ0) is 19.8. The minimum atomic E-state index is 0.139. The number of thiazole rings is 2. The number of aryl methyl sites for hydroxylation is 2. The van der Waals surface area contributed by atoms with Crippen molar-refractivity contribution in [3.63, 3.8) is 0 Å². The van der Waals surface area contributed by atoms with E-state index in [-0.39, 0.29) is 11.8 Å². The number of piperidine rings is 1. The van der Waals surface area contributed by atoms with Crippen molar-refractivity contribution < 1.29 is 9.59 Å². The van der Waals surface area contributed by atoms with E-state index in [9.17, 15) is 9.59 Å². The lowest BCUT2D eigenvalue weighted by Gasteiger charge is -2.31. The Morgan fingerprint density at radius 1 is 1.10 bits per heavy atom. The highest BCUT2D eigenvalue weighted by Gasteiger charge is 2.29. The van der Waals surface area contributed by atoms with E-state index in [1.54, 1.807) is 4.90 Å². The summed E-state index contributed by atoms with van der Waals surface area (Å²) < 4.78 is 0. The van der Waals surface area contributed by atoms with Gasteiger partial charge in [-0.05, 0) is 44.9 Å². The van der Waals surface area contributed by atoms with Crippen molar-refractivity contribution in [3.05, 3.63) is 26.7 Å². The molecule has 1 unspecified atom stereocenters. The quantitative estimate of drug-likeness (QED) is 0.744. The van der Waals surface area contributed by atoms with Crippen LogP contribution in [0.5, 0.6) is 0 Å². The molecule has 2 aromatic rings. The van der Waals surface area contributed by atoms with E-state index in [0.29, 0.717) is 18.8 Å². The molecule has 0 saturated carbocycles. The van der Waals surface area contributed by atoms with Crippen LogP contribution in [0.25, 0.3) is 0 Å². The first kappa shape index (κ1) is 19.2. The lowest BCUT2D eigenvalue weighted by atomic mass is 9.98. The number of amides is 2. The van der Waals surface area contributed by atoms with Crippen molar-refractivity contribution in [3.8, 4) is 0 Å². The van der Waals surface area contributed by atoms with Gasteiger partial charge in [-0.25, -0.2) is 9.97 Å². The molecule has 5 rings (SSSR count). The number of fused-ring (bicyclic) bond motifs is 1. The van der Waals surface area contributed by atoms with E-state index in [0.717, 1.165) is 56.1 Å². The maximum absolute atomic E-state index is 12.9. The molecule has 0 radical (unpaired) electrons. The summed E-state index contributed by atoms with van der Waals surface area (Å²) >= 11 is 3.35. The number of likely N-dealkylation sites (tertiary alicyclic amines) is 1. The first-order chi connectivity index (χ1) is 14.2. The van der Waals surface area contributed by atoms with E-state index >= 15 is 0 Å².